The smallest absolute Gasteiger partial charge is 0.328 e. The lowest BCUT2D eigenvalue weighted by molar-refractivity contribution is -0.143. The minimum atomic E-state index is -1.51. The molecule has 7 N–H and O–H groups in total. The minimum absolute atomic E-state index is 0.0416. The molecule has 0 fully saturated rings. The topological polar surface area (TPSA) is 171 Å². The standard InChI is InChI=1S/C15H28N4O6S2/c1-3-7(2)11(16)14(23)19-10(6-27)13(22)18-9(5-26)12(21)17-8(4-20)15(24)25/h7-11,20,26-27H,3-6,16H2,1-2H3,(H,17,21)(H,18,22)(H,19,23)(H,24,25). The fraction of sp³-hybridized carbons (Fsp3) is 0.733. The molecule has 0 bridgehead atoms. The van der Waals surface area contributed by atoms with Crippen LogP contribution in [0.4, 0.5) is 0 Å². The van der Waals surface area contributed by atoms with Gasteiger partial charge in [-0.05, 0) is 5.92 Å². The van der Waals surface area contributed by atoms with Crippen LogP contribution in [0.15, 0.2) is 0 Å². The first-order valence-electron chi connectivity index (χ1n) is 8.34. The average molecular weight is 425 g/mol. The van der Waals surface area contributed by atoms with Gasteiger partial charge in [0.2, 0.25) is 17.7 Å². The molecule has 3 amide bonds. The van der Waals surface area contributed by atoms with Crippen molar-refractivity contribution >= 4 is 48.9 Å². The lowest BCUT2D eigenvalue weighted by Gasteiger charge is -2.24. The second-order valence-corrected chi connectivity index (χ2v) is 6.71. The molecule has 0 aromatic heterocycles. The highest BCUT2D eigenvalue weighted by Crippen LogP contribution is 2.06. The van der Waals surface area contributed by atoms with Crippen LogP contribution in [-0.4, -0.2) is 76.2 Å². The van der Waals surface area contributed by atoms with E-state index in [0.717, 1.165) is 0 Å². The van der Waals surface area contributed by atoms with Crippen molar-refractivity contribution in [2.75, 3.05) is 18.1 Å². The first kappa shape index (κ1) is 25.5. The lowest BCUT2D eigenvalue weighted by atomic mass is 9.99. The number of carbonyl (C=O) groups excluding carboxylic acids is 3. The van der Waals surface area contributed by atoms with Gasteiger partial charge in [-0.1, -0.05) is 20.3 Å². The number of aliphatic hydroxyl groups is 1. The SMILES string of the molecule is CCC(C)C(N)C(=O)NC(CS)C(=O)NC(CS)C(=O)NC(CO)C(=O)O. The van der Waals surface area contributed by atoms with Gasteiger partial charge < -0.3 is 31.9 Å². The van der Waals surface area contributed by atoms with E-state index in [-0.39, 0.29) is 17.4 Å². The highest BCUT2D eigenvalue weighted by Gasteiger charge is 2.29. The molecule has 0 heterocycles. The summed E-state index contributed by atoms with van der Waals surface area (Å²) in [7, 11) is 0. The second kappa shape index (κ2) is 12.8. The number of rotatable bonds is 12. The van der Waals surface area contributed by atoms with E-state index in [1.807, 2.05) is 6.92 Å². The van der Waals surface area contributed by atoms with E-state index in [0.29, 0.717) is 6.42 Å². The summed E-state index contributed by atoms with van der Waals surface area (Å²) in [6, 6.07) is -4.52. The Morgan fingerprint density at radius 2 is 1.33 bits per heavy atom. The molecule has 0 radical (unpaired) electrons. The molecule has 5 atom stereocenters. The fourth-order valence-electron chi connectivity index (χ4n) is 1.90. The van der Waals surface area contributed by atoms with Gasteiger partial charge >= 0.3 is 5.97 Å². The van der Waals surface area contributed by atoms with Gasteiger partial charge in [0.05, 0.1) is 12.6 Å². The first-order valence-corrected chi connectivity index (χ1v) is 9.61. The molecule has 0 saturated heterocycles. The molecule has 0 rings (SSSR count). The molecule has 0 saturated carbocycles. The number of hydrogen-bond acceptors (Lipinski definition) is 8. The van der Waals surface area contributed by atoms with Gasteiger partial charge in [0.25, 0.3) is 0 Å². The molecular formula is C15H28N4O6S2. The van der Waals surface area contributed by atoms with Gasteiger partial charge in [0.1, 0.15) is 18.1 Å². The first-order chi connectivity index (χ1) is 12.6. The Balaban J connectivity index is 4.93. The molecule has 0 aromatic carbocycles. The van der Waals surface area contributed by atoms with Crippen LogP contribution >= 0.6 is 25.3 Å². The van der Waals surface area contributed by atoms with Crippen LogP contribution in [0.25, 0.3) is 0 Å². The van der Waals surface area contributed by atoms with Gasteiger partial charge in [0, 0.05) is 11.5 Å². The Hall–Kier alpha value is -1.50. The number of carboxylic acid groups (broad SMARTS) is 1. The third-order valence-corrected chi connectivity index (χ3v) is 4.72. The molecule has 27 heavy (non-hydrogen) atoms. The Kier molecular flexibility index (Phi) is 12.1. The Morgan fingerprint density at radius 1 is 0.926 bits per heavy atom. The van der Waals surface area contributed by atoms with E-state index in [1.165, 1.54) is 0 Å². The maximum Gasteiger partial charge on any atom is 0.328 e. The van der Waals surface area contributed by atoms with E-state index in [9.17, 15) is 19.2 Å². The zero-order valence-corrected chi connectivity index (χ0v) is 17.0. The quantitative estimate of drug-likeness (QED) is 0.164. The number of nitrogens with one attached hydrogen (secondary N) is 3. The molecule has 0 spiro atoms. The van der Waals surface area contributed by atoms with Crippen molar-refractivity contribution in [1.82, 2.24) is 16.0 Å². The van der Waals surface area contributed by atoms with Crippen LogP contribution in [0.1, 0.15) is 20.3 Å². The minimum Gasteiger partial charge on any atom is -0.480 e. The fourth-order valence-corrected chi connectivity index (χ4v) is 2.41. The van der Waals surface area contributed by atoms with E-state index >= 15 is 0 Å². The van der Waals surface area contributed by atoms with E-state index < -0.39 is 54.5 Å². The number of nitrogens with two attached hydrogens (primary N) is 1. The summed E-state index contributed by atoms with van der Waals surface area (Å²) in [5.74, 6) is -3.72. The normalized spacial score (nSPS) is 16.4. The zero-order valence-electron chi connectivity index (χ0n) is 15.2. The Morgan fingerprint density at radius 3 is 1.67 bits per heavy atom. The largest absolute Gasteiger partial charge is 0.480 e. The number of aliphatic carboxylic acids is 1. The number of carboxylic acids is 1. The molecule has 0 aliphatic carbocycles. The third kappa shape index (κ3) is 8.37. The van der Waals surface area contributed by atoms with Crippen molar-refractivity contribution in [1.29, 1.82) is 0 Å². The van der Waals surface area contributed by atoms with Crippen molar-refractivity contribution in [3.63, 3.8) is 0 Å². The van der Waals surface area contributed by atoms with Crippen LogP contribution in [-0.2, 0) is 19.2 Å². The Labute approximate surface area is 168 Å². The number of thiol groups is 2. The van der Waals surface area contributed by atoms with Crippen LogP contribution in [0.5, 0.6) is 0 Å². The predicted octanol–water partition coefficient (Wildman–Crippen LogP) is -2.25. The van der Waals surface area contributed by atoms with Crippen LogP contribution in [0.2, 0.25) is 0 Å². The number of carbonyl (C=O) groups is 4. The maximum atomic E-state index is 12.3. The van der Waals surface area contributed by atoms with E-state index in [4.69, 9.17) is 15.9 Å². The summed E-state index contributed by atoms with van der Waals surface area (Å²) in [5, 5.41) is 24.7. The molecule has 5 unspecified atom stereocenters. The summed E-state index contributed by atoms with van der Waals surface area (Å²) in [5.41, 5.74) is 5.82. The molecule has 10 nitrogen and oxygen atoms in total. The van der Waals surface area contributed by atoms with Gasteiger partial charge in [0.15, 0.2) is 0 Å². The second-order valence-electron chi connectivity index (χ2n) is 5.98. The average Bonchev–Trinajstić information content (AvgIpc) is 2.65. The van der Waals surface area contributed by atoms with Crippen molar-refractivity contribution in [3.8, 4) is 0 Å². The van der Waals surface area contributed by atoms with Crippen LogP contribution in [0, 0.1) is 5.92 Å². The molecule has 12 heteroatoms. The van der Waals surface area contributed by atoms with Crippen molar-refractivity contribution in [3.05, 3.63) is 0 Å². The number of amides is 3. The van der Waals surface area contributed by atoms with E-state index in [2.05, 4.69) is 41.2 Å². The predicted molar refractivity (Wildman–Crippen MR) is 106 cm³/mol. The summed E-state index contributed by atoms with van der Waals surface area (Å²) in [4.78, 5) is 47.4. The van der Waals surface area contributed by atoms with Crippen molar-refractivity contribution < 1.29 is 29.4 Å². The van der Waals surface area contributed by atoms with Gasteiger partial charge in [-0.15, -0.1) is 0 Å². The molecule has 156 valence electrons. The molecule has 0 aliphatic heterocycles. The number of hydrogen-bond donors (Lipinski definition) is 8. The summed E-state index contributed by atoms with van der Waals surface area (Å²) in [6.45, 7) is 2.88. The monoisotopic (exact) mass is 424 g/mol. The zero-order chi connectivity index (χ0) is 21.1. The molecule has 0 aliphatic rings. The number of aliphatic hydroxyl groups excluding tert-OH is 1. The van der Waals surface area contributed by atoms with Crippen LogP contribution in [0.3, 0.4) is 0 Å². The highest BCUT2D eigenvalue weighted by molar-refractivity contribution is 7.80. The third-order valence-electron chi connectivity index (χ3n) is 3.99. The van der Waals surface area contributed by atoms with Crippen molar-refractivity contribution in [2.45, 2.75) is 44.4 Å². The Bertz CT molecular complexity index is 536. The molecule has 0 aromatic rings. The van der Waals surface area contributed by atoms with Gasteiger partial charge in [-0.3, -0.25) is 14.4 Å². The molecular weight excluding hydrogens is 396 g/mol. The van der Waals surface area contributed by atoms with Gasteiger partial charge in [-0.25, -0.2) is 4.79 Å². The lowest BCUT2D eigenvalue weighted by Crippen LogP contribution is -2.59. The highest BCUT2D eigenvalue weighted by atomic mass is 32.1. The van der Waals surface area contributed by atoms with E-state index in [1.54, 1.807) is 6.92 Å². The maximum absolute atomic E-state index is 12.3. The summed E-state index contributed by atoms with van der Waals surface area (Å²) in [6.07, 6.45) is 0.684. The summed E-state index contributed by atoms with van der Waals surface area (Å²) < 4.78 is 0. The van der Waals surface area contributed by atoms with Crippen LogP contribution < -0.4 is 21.7 Å². The summed E-state index contributed by atoms with van der Waals surface area (Å²) >= 11 is 7.99. The van der Waals surface area contributed by atoms with Crippen molar-refractivity contribution in [2.24, 2.45) is 11.7 Å². The van der Waals surface area contributed by atoms with Gasteiger partial charge in [-0.2, -0.15) is 25.3 Å².